The van der Waals surface area contributed by atoms with Crippen LogP contribution in [0.1, 0.15) is 16.7 Å². The molecule has 0 saturated carbocycles. The van der Waals surface area contributed by atoms with E-state index in [-0.39, 0.29) is 5.82 Å². The van der Waals surface area contributed by atoms with Crippen LogP contribution in [0.3, 0.4) is 0 Å². The molecule has 0 N–H and O–H groups in total. The number of nitrogens with zero attached hydrogens (tertiary/aromatic N) is 1. The van der Waals surface area contributed by atoms with E-state index in [4.69, 9.17) is 9.47 Å². The van der Waals surface area contributed by atoms with Gasteiger partial charge in [0.1, 0.15) is 17.3 Å². The number of rotatable bonds is 7. The number of aryl methyl sites for hydroxylation is 1. The van der Waals surface area contributed by atoms with Gasteiger partial charge in [0.2, 0.25) is 0 Å². The Morgan fingerprint density at radius 1 is 0.821 bits per heavy atom. The Labute approximate surface area is 173 Å². The van der Waals surface area contributed by atoms with Gasteiger partial charge in [-0.3, -0.25) is 0 Å². The molecule has 28 heavy (non-hydrogen) atoms. The largest absolute Gasteiger partial charge is 0.497 e. The van der Waals surface area contributed by atoms with E-state index in [9.17, 15) is 4.39 Å². The van der Waals surface area contributed by atoms with Gasteiger partial charge in [-0.2, -0.15) is 0 Å². The lowest BCUT2D eigenvalue weighted by atomic mass is 10.1. The van der Waals surface area contributed by atoms with Gasteiger partial charge >= 0.3 is 0 Å². The summed E-state index contributed by atoms with van der Waals surface area (Å²) in [6.07, 6.45) is 0. The molecule has 3 aromatic rings. The topological polar surface area (TPSA) is 21.7 Å². The van der Waals surface area contributed by atoms with Crippen molar-refractivity contribution in [2.45, 2.75) is 20.0 Å². The first-order valence-corrected chi connectivity index (χ1v) is 9.76. The van der Waals surface area contributed by atoms with Crippen LogP contribution in [-0.2, 0) is 13.1 Å². The van der Waals surface area contributed by atoms with E-state index in [1.165, 1.54) is 0 Å². The number of hydrogen-bond acceptors (Lipinski definition) is 3. The minimum atomic E-state index is -0.203. The molecule has 0 aromatic heterocycles. The highest BCUT2D eigenvalue weighted by Gasteiger charge is 2.16. The van der Waals surface area contributed by atoms with Crippen LogP contribution in [0.15, 0.2) is 65.1 Å². The molecule has 5 heteroatoms. The number of halogens is 2. The Morgan fingerprint density at radius 2 is 1.29 bits per heavy atom. The number of benzene rings is 3. The second kappa shape index (κ2) is 9.11. The predicted octanol–water partition coefficient (Wildman–Crippen LogP) is 6.12. The van der Waals surface area contributed by atoms with Crippen molar-refractivity contribution in [1.82, 2.24) is 0 Å². The molecule has 0 spiro atoms. The van der Waals surface area contributed by atoms with Crippen molar-refractivity contribution < 1.29 is 13.9 Å². The minimum Gasteiger partial charge on any atom is -0.497 e. The van der Waals surface area contributed by atoms with Crippen molar-refractivity contribution in [3.63, 3.8) is 0 Å². The Balaban J connectivity index is 1.94. The average Bonchev–Trinajstić information content (AvgIpc) is 2.71. The molecule has 0 atom stereocenters. The van der Waals surface area contributed by atoms with E-state index < -0.39 is 0 Å². The van der Waals surface area contributed by atoms with Crippen LogP contribution in [0.4, 0.5) is 10.1 Å². The van der Waals surface area contributed by atoms with Crippen LogP contribution in [0.2, 0.25) is 0 Å². The van der Waals surface area contributed by atoms with Crippen molar-refractivity contribution in [3.8, 4) is 11.5 Å². The lowest BCUT2D eigenvalue weighted by molar-refractivity contribution is 0.414. The first kappa shape index (κ1) is 20.2. The van der Waals surface area contributed by atoms with Gasteiger partial charge < -0.3 is 14.4 Å². The van der Waals surface area contributed by atoms with Gasteiger partial charge in [-0.1, -0.05) is 40.2 Å². The molecule has 0 aliphatic rings. The number of ether oxygens (including phenoxy) is 2. The van der Waals surface area contributed by atoms with Gasteiger partial charge in [0.15, 0.2) is 0 Å². The molecule has 0 amide bonds. The molecule has 3 rings (SSSR count). The third-order valence-electron chi connectivity index (χ3n) is 4.61. The lowest BCUT2D eigenvalue weighted by Gasteiger charge is -2.27. The zero-order valence-corrected chi connectivity index (χ0v) is 17.8. The maximum absolute atomic E-state index is 15.0. The highest BCUT2D eigenvalue weighted by Crippen LogP contribution is 2.30. The summed E-state index contributed by atoms with van der Waals surface area (Å²) in [6.45, 7) is 2.92. The molecule has 0 aliphatic carbocycles. The van der Waals surface area contributed by atoms with Gasteiger partial charge in [-0.05, 0) is 60.0 Å². The minimum absolute atomic E-state index is 0.203. The van der Waals surface area contributed by atoms with Crippen LogP contribution in [-0.4, -0.2) is 14.2 Å². The van der Waals surface area contributed by atoms with Crippen molar-refractivity contribution in [2.75, 3.05) is 19.1 Å². The lowest BCUT2D eigenvalue weighted by Crippen LogP contribution is -2.23. The highest BCUT2D eigenvalue weighted by atomic mass is 79.9. The van der Waals surface area contributed by atoms with E-state index in [2.05, 4.69) is 15.9 Å². The van der Waals surface area contributed by atoms with Gasteiger partial charge in [0.25, 0.3) is 0 Å². The summed E-state index contributed by atoms with van der Waals surface area (Å²) < 4.78 is 26.3. The predicted molar refractivity (Wildman–Crippen MR) is 115 cm³/mol. The molecule has 0 bridgehead atoms. The maximum Gasteiger partial charge on any atom is 0.149 e. The molecule has 0 aliphatic heterocycles. The summed E-state index contributed by atoms with van der Waals surface area (Å²) in [5.74, 6) is 1.40. The third kappa shape index (κ3) is 4.84. The first-order valence-electron chi connectivity index (χ1n) is 8.96. The van der Waals surface area contributed by atoms with Gasteiger partial charge in [-0.15, -0.1) is 0 Å². The summed E-state index contributed by atoms with van der Waals surface area (Å²) in [6, 6.07) is 19.3. The quantitative estimate of drug-likeness (QED) is 0.438. The zero-order valence-electron chi connectivity index (χ0n) is 16.2. The van der Waals surface area contributed by atoms with E-state index in [0.717, 1.165) is 27.1 Å². The Morgan fingerprint density at radius 3 is 1.71 bits per heavy atom. The molecular weight excluding hydrogens is 421 g/mol. The summed E-state index contributed by atoms with van der Waals surface area (Å²) in [5.41, 5.74) is 3.33. The molecule has 0 radical (unpaired) electrons. The summed E-state index contributed by atoms with van der Waals surface area (Å²) in [7, 11) is 3.29. The van der Waals surface area contributed by atoms with E-state index in [0.29, 0.717) is 24.3 Å². The van der Waals surface area contributed by atoms with Gasteiger partial charge in [0.05, 0.1) is 19.9 Å². The SMILES string of the molecule is COc1ccc(CN(Cc2ccc(OC)cc2)c2cc(Br)cc(C)c2F)cc1. The van der Waals surface area contributed by atoms with E-state index in [1.807, 2.05) is 59.5 Å². The molecule has 0 fully saturated rings. The molecule has 146 valence electrons. The summed E-state index contributed by atoms with van der Waals surface area (Å²) in [4.78, 5) is 2.04. The second-order valence-electron chi connectivity index (χ2n) is 6.61. The summed E-state index contributed by atoms with van der Waals surface area (Å²) in [5, 5.41) is 0. The van der Waals surface area contributed by atoms with Crippen LogP contribution < -0.4 is 14.4 Å². The van der Waals surface area contributed by atoms with Crippen molar-refractivity contribution >= 4 is 21.6 Å². The first-order chi connectivity index (χ1) is 13.5. The van der Waals surface area contributed by atoms with Crippen LogP contribution in [0, 0.1) is 12.7 Å². The highest BCUT2D eigenvalue weighted by molar-refractivity contribution is 9.10. The van der Waals surface area contributed by atoms with Gasteiger partial charge in [-0.25, -0.2) is 4.39 Å². The molecule has 0 unspecified atom stereocenters. The van der Waals surface area contributed by atoms with E-state index in [1.54, 1.807) is 27.2 Å². The van der Waals surface area contributed by atoms with Crippen LogP contribution >= 0.6 is 15.9 Å². The van der Waals surface area contributed by atoms with Crippen molar-refractivity contribution in [3.05, 3.63) is 87.6 Å². The van der Waals surface area contributed by atoms with E-state index >= 15 is 0 Å². The third-order valence-corrected chi connectivity index (χ3v) is 5.06. The monoisotopic (exact) mass is 443 g/mol. The number of hydrogen-bond donors (Lipinski definition) is 0. The summed E-state index contributed by atoms with van der Waals surface area (Å²) >= 11 is 3.50. The Hall–Kier alpha value is -2.53. The fourth-order valence-electron chi connectivity index (χ4n) is 3.07. The number of anilines is 1. The molecule has 3 nitrogen and oxygen atoms in total. The van der Waals surface area contributed by atoms with Gasteiger partial charge in [0, 0.05) is 17.6 Å². The molecule has 0 saturated heterocycles. The zero-order chi connectivity index (χ0) is 20.1. The van der Waals surface area contributed by atoms with Crippen LogP contribution in [0.5, 0.6) is 11.5 Å². The standard InChI is InChI=1S/C23H23BrFNO2/c1-16-12-19(24)13-22(23(16)25)26(14-17-4-8-20(27-2)9-5-17)15-18-6-10-21(28-3)11-7-18/h4-13H,14-15H2,1-3H3. The number of methoxy groups -OCH3 is 2. The van der Waals surface area contributed by atoms with Crippen LogP contribution in [0.25, 0.3) is 0 Å². The molecular formula is C23H23BrFNO2. The van der Waals surface area contributed by atoms with Crippen molar-refractivity contribution in [1.29, 1.82) is 0 Å². The Kier molecular flexibility index (Phi) is 6.57. The fraction of sp³-hybridized carbons (Fsp3) is 0.217. The smallest absolute Gasteiger partial charge is 0.149 e. The van der Waals surface area contributed by atoms with Crippen molar-refractivity contribution in [2.24, 2.45) is 0 Å². The second-order valence-corrected chi connectivity index (χ2v) is 7.52. The fourth-order valence-corrected chi connectivity index (χ4v) is 3.63. The molecule has 3 aromatic carbocycles. The maximum atomic E-state index is 15.0. The average molecular weight is 444 g/mol. The normalized spacial score (nSPS) is 10.6. The Bertz CT molecular complexity index is 877. The molecule has 0 heterocycles.